The van der Waals surface area contributed by atoms with Crippen molar-refractivity contribution in [2.75, 3.05) is 7.05 Å². The van der Waals surface area contributed by atoms with E-state index in [1.54, 1.807) is 0 Å². The van der Waals surface area contributed by atoms with Crippen molar-refractivity contribution in [2.24, 2.45) is 0 Å². The number of aromatic nitrogens is 2. The number of benzene rings is 1. The smallest absolute Gasteiger partial charge is 0.0643 e. The van der Waals surface area contributed by atoms with E-state index in [1.807, 2.05) is 11.7 Å². The summed E-state index contributed by atoms with van der Waals surface area (Å²) < 4.78 is 2.02. The van der Waals surface area contributed by atoms with Crippen LogP contribution in [0.2, 0.25) is 0 Å². The van der Waals surface area contributed by atoms with Gasteiger partial charge in [-0.1, -0.05) is 29.3 Å². The second-order valence-electron chi connectivity index (χ2n) is 5.85. The molecular formula is C17H25N3. The molecule has 0 aliphatic heterocycles. The minimum Gasteiger partial charge on any atom is -0.313 e. The fraction of sp³-hybridized carbons (Fsp3) is 0.471. The maximum absolute atomic E-state index is 4.64. The maximum atomic E-state index is 4.64. The van der Waals surface area contributed by atoms with E-state index in [1.165, 1.54) is 16.7 Å². The van der Waals surface area contributed by atoms with E-state index < -0.39 is 0 Å². The highest BCUT2D eigenvalue weighted by atomic mass is 15.3. The van der Waals surface area contributed by atoms with Crippen LogP contribution in [0.25, 0.3) is 0 Å². The Morgan fingerprint density at radius 2 is 1.80 bits per heavy atom. The van der Waals surface area contributed by atoms with Gasteiger partial charge in [0.2, 0.25) is 0 Å². The van der Waals surface area contributed by atoms with Crippen molar-refractivity contribution in [3.63, 3.8) is 0 Å². The van der Waals surface area contributed by atoms with Crippen molar-refractivity contribution in [3.05, 3.63) is 52.8 Å². The molecule has 3 heteroatoms. The summed E-state index contributed by atoms with van der Waals surface area (Å²) in [6.45, 7) is 8.60. The van der Waals surface area contributed by atoms with Gasteiger partial charge in [0.15, 0.2) is 0 Å². The molecule has 0 aliphatic carbocycles. The average molecular weight is 271 g/mol. The molecule has 0 amide bonds. The number of nitrogens with zero attached hydrogens (tertiary/aromatic N) is 2. The first kappa shape index (κ1) is 14.8. The minimum atomic E-state index is 0.309. The van der Waals surface area contributed by atoms with E-state index in [0.29, 0.717) is 12.1 Å². The van der Waals surface area contributed by atoms with Crippen LogP contribution in [0.3, 0.4) is 0 Å². The third-order valence-electron chi connectivity index (χ3n) is 3.60. The summed E-state index contributed by atoms with van der Waals surface area (Å²) >= 11 is 0. The normalized spacial score (nSPS) is 12.9. The second-order valence-corrected chi connectivity index (χ2v) is 5.85. The molecule has 0 spiro atoms. The zero-order valence-electron chi connectivity index (χ0n) is 13.1. The third-order valence-corrected chi connectivity index (χ3v) is 3.60. The van der Waals surface area contributed by atoms with Gasteiger partial charge in [-0.25, -0.2) is 0 Å². The van der Waals surface area contributed by atoms with Gasteiger partial charge in [-0.3, -0.25) is 4.68 Å². The predicted octanol–water partition coefficient (Wildman–Crippen LogP) is 3.58. The lowest BCUT2D eigenvalue weighted by Gasteiger charge is -2.17. The molecule has 1 unspecified atom stereocenters. The van der Waals surface area contributed by atoms with Crippen LogP contribution >= 0.6 is 0 Å². The molecular weight excluding hydrogens is 246 g/mol. The van der Waals surface area contributed by atoms with Crippen LogP contribution in [0.1, 0.15) is 48.3 Å². The van der Waals surface area contributed by atoms with Gasteiger partial charge in [0, 0.05) is 24.7 Å². The van der Waals surface area contributed by atoms with E-state index in [2.05, 4.69) is 68.6 Å². The first-order valence-corrected chi connectivity index (χ1v) is 7.29. The molecule has 0 aliphatic rings. The molecule has 1 aromatic carbocycles. The summed E-state index contributed by atoms with van der Waals surface area (Å²) in [6, 6.07) is 9.57. The van der Waals surface area contributed by atoms with Crippen molar-refractivity contribution in [1.82, 2.24) is 15.1 Å². The highest BCUT2D eigenvalue weighted by molar-refractivity contribution is 5.31. The largest absolute Gasteiger partial charge is 0.313 e. The lowest BCUT2D eigenvalue weighted by atomic mass is 9.98. The molecule has 0 fully saturated rings. The summed E-state index contributed by atoms with van der Waals surface area (Å²) in [5.41, 5.74) is 5.10. The monoisotopic (exact) mass is 271 g/mol. The zero-order chi connectivity index (χ0) is 14.7. The van der Waals surface area contributed by atoms with Crippen molar-refractivity contribution in [3.8, 4) is 0 Å². The van der Waals surface area contributed by atoms with Crippen LogP contribution in [0.15, 0.2) is 30.5 Å². The number of aryl methyl sites for hydroxylation is 2. The molecule has 20 heavy (non-hydrogen) atoms. The third kappa shape index (κ3) is 3.48. The molecule has 0 radical (unpaired) electrons. The molecule has 108 valence electrons. The van der Waals surface area contributed by atoms with Crippen LogP contribution in [0, 0.1) is 13.8 Å². The molecule has 3 nitrogen and oxygen atoms in total. The zero-order valence-corrected chi connectivity index (χ0v) is 13.1. The Bertz CT molecular complexity index is 549. The summed E-state index contributed by atoms with van der Waals surface area (Å²) in [4.78, 5) is 0. The van der Waals surface area contributed by atoms with E-state index in [4.69, 9.17) is 0 Å². The second kappa shape index (κ2) is 6.23. The van der Waals surface area contributed by atoms with Gasteiger partial charge in [0.05, 0.1) is 5.69 Å². The summed E-state index contributed by atoms with van der Waals surface area (Å²) in [7, 11) is 2.02. The minimum absolute atomic E-state index is 0.309. The van der Waals surface area contributed by atoms with E-state index in [0.717, 1.165) is 12.1 Å². The SMILES string of the molecule is CNC(Cc1ccn(C(C)C)n1)c1cc(C)cc(C)c1. The lowest BCUT2D eigenvalue weighted by Crippen LogP contribution is -2.19. The van der Waals surface area contributed by atoms with Crippen LogP contribution < -0.4 is 5.32 Å². The lowest BCUT2D eigenvalue weighted by molar-refractivity contribution is 0.515. The molecule has 0 saturated heterocycles. The van der Waals surface area contributed by atoms with Crippen LogP contribution in [-0.4, -0.2) is 16.8 Å². The fourth-order valence-electron chi connectivity index (χ4n) is 2.58. The number of nitrogens with one attached hydrogen (secondary N) is 1. The Labute approximate surface area is 122 Å². The predicted molar refractivity (Wildman–Crippen MR) is 84.0 cm³/mol. The van der Waals surface area contributed by atoms with Gasteiger partial charge in [0.25, 0.3) is 0 Å². The number of likely N-dealkylation sites (N-methyl/N-ethyl adjacent to an activating group) is 1. The maximum Gasteiger partial charge on any atom is 0.0643 e. The topological polar surface area (TPSA) is 29.9 Å². The van der Waals surface area contributed by atoms with Crippen molar-refractivity contribution in [2.45, 2.75) is 46.2 Å². The Morgan fingerprint density at radius 1 is 1.15 bits per heavy atom. The van der Waals surface area contributed by atoms with Crippen molar-refractivity contribution >= 4 is 0 Å². The van der Waals surface area contributed by atoms with E-state index >= 15 is 0 Å². The fourth-order valence-corrected chi connectivity index (χ4v) is 2.58. The molecule has 2 aromatic rings. The van der Waals surface area contributed by atoms with E-state index in [9.17, 15) is 0 Å². The molecule has 1 heterocycles. The Balaban J connectivity index is 2.19. The summed E-state index contributed by atoms with van der Waals surface area (Å²) in [6.07, 6.45) is 2.98. The van der Waals surface area contributed by atoms with Gasteiger partial charge < -0.3 is 5.32 Å². The number of rotatable bonds is 5. The quantitative estimate of drug-likeness (QED) is 0.900. The molecule has 1 atom stereocenters. The van der Waals surface area contributed by atoms with Crippen LogP contribution in [0.4, 0.5) is 0 Å². The van der Waals surface area contributed by atoms with Gasteiger partial charge in [-0.15, -0.1) is 0 Å². The molecule has 1 aromatic heterocycles. The van der Waals surface area contributed by atoms with Crippen molar-refractivity contribution < 1.29 is 0 Å². The Kier molecular flexibility index (Phi) is 4.61. The Morgan fingerprint density at radius 3 is 2.30 bits per heavy atom. The number of hydrogen-bond donors (Lipinski definition) is 1. The molecule has 0 bridgehead atoms. The van der Waals surface area contributed by atoms with Crippen LogP contribution in [0.5, 0.6) is 0 Å². The average Bonchev–Trinajstić information content (AvgIpc) is 2.83. The summed E-state index contributed by atoms with van der Waals surface area (Å²) in [5.74, 6) is 0. The highest BCUT2D eigenvalue weighted by Crippen LogP contribution is 2.20. The van der Waals surface area contributed by atoms with Gasteiger partial charge >= 0.3 is 0 Å². The van der Waals surface area contributed by atoms with Gasteiger partial charge in [0.1, 0.15) is 0 Å². The molecule has 2 rings (SSSR count). The number of hydrogen-bond acceptors (Lipinski definition) is 2. The van der Waals surface area contributed by atoms with Crippen molar-refractivity contribution in [1.29, 1.82) is 0 Å². The van der Waals surface area contributed by atoms with Gasteiger partial charge in [-0.05, 0) is 46.4 Å². The molecule has 0 saturated carbocycles. The molecule has 1 N–H and O–H groups in total. The Hall–Kier alpha value is -1.61. The standard InChI is InChI=1S/C17H25N3/c1-12(2)20-7-6-16(19-20)11-17(18-5)15-9-13(3)8-14(4)10-15/h6-10,12,17-18H,11H2,1-5H3. The van der Waals surface area contributed by atoms with Gasteiger partial charge in [-0.2, -0.15) is 5.10 Å². The van der Waals surface area contributed by atoms with Crippen LogP contribution in [-0.2, 0) is 6.42 Å². The first-order valence-electron chi connectivity index (χ1n) is 7.29. The first-order chi connectivity index (χ1) is 9.49. The highest BCUT2D eigenvalue weighted by Gasteiger charge is 2.13. The van der Waals surface area contributed by atoms with E-state index in [-0.39, 0.29) is 0 Å². The summed E-state index contributed by atoms with van der Waals surface area (Å²) in [5, 5.41) is 8.06.